The Morgan fingerprint density at radius 3 is 2.35 bits per heavy atom. The molecule has 2 aromatic carbocycles. The van der Waals surface area contributed by atoms with Crippen LogP contribution in [0.1, 0.15) is 15.9 Å². The molecule has 2 rings (SSSR count). The van der Waals surface area contributed by atoms with E-state index >= 15 is 0 Å². The van der Waals surface area contributed by atoms with Crippen LogP contribution < -0.4 is 5.32 Å². The molecule has 104 valence electrons. The molecule has 0 fully saturated rings. The topological polar surface area (TPSA) is 29.1 Å². The van der Waals surface area contributed by atoms with Gasteiger partial charge in [-0.1, -0.05) is 29.3 Å². The van der Waals surface area contributed by atoms with Crippen LogP contribution in [0.2, 0.25) is 10.0 Å². The number of carbonyl (C=O) groups excluding carboxylic acids is 1. The van der Waals surface area contributed by atoms with Gasteiger partial charge in [0.15, 0.2) is 5.82 Å². The number of hydrogen-bond acceptors (Lipinski definition) is 1. The number of anilines is 1. The summed E-state index contributed by atoms with van der Waals surface area (Å²) in [6.45, 7) is 1.92. The van der Waals surface area contributed by atoms with Gasteiger partial charge >= 0.3 is 0 Å². The highest BCUT2D eigenvalue weighted by molar-refractivity contribution is 9.10. The summed E-state index contributed by atoms with van der Waals surface area (Å²) >= 11 is 14.7. The van der Waals surface area contributed by atoms with E-state index in [4.69, 9.17) is 23.2 Å². The Labute approximate surface area is 134 Å². The Hall–Kier alpha value is -1.10. The van der Waals surface area contributed by atoms with E-state index in [1.165, 1.54) is 12.1 Å². The van der Waals surface area contributed by atoms with Crippen LogP contribution in [0.4, 0.5) is 10.1 Å². The van der Waals surface area contributed by atoms with Crippen LogP contribution in [0, 0.1) is 12.7 Å². The highest BCUT2D eigenvalue weighted by Crippen LogP contribution is 2.28. The molecular formula is C14H9BrCl2FNO. The SMILES string of the molecule is Cc1ccc(C(=O)Nc2cc(Cl)c(F)c(Cl)c2)c(Br)c1. The minimum absolute atomic E-state index is 0.143. The van der Waals surface area contributed by atoms with E-state index in [2.05, 4.69) is 21.2 Å². The van der Waals surface area contributed by atoms with Crippen molar-refractivity contribution in [2.45, 2.75) is 6.92 Å². The lowest BCUT2D eigenvalue weighted by Crippen LogP contribution is -2.12. The number of benzene rings is 2. The fraction of sp³-hybridized carbons (Fsp3) is 0.0714. The molecule has 0 spiro atoms. The molecule has 1 N–H and O–H groups in total. The predicted molar refractivity (Wildman–Crippen MR) is 83.3 cm³/mol. The number of hydrogen-bond donors (Lipinski definition) is 1. The van der Waals surface area contributed by atoms with Crippen molar-refractivity contribution in [3.63, 3.8) is 0 Å². The maximum atomic E-state index is 13.3. The van der Waals surface area contributed by atoms with Gasteiger partial charge in [-0.05, 0) is 52.7 Å². The zero-order chi connectivity index (χ0) is 14.9. The zero-order valence-corrected chi connectivity index (χ0v) is 13.4. The molecule has 20 heavy (non-hydrogen) atoms. The second kappa shape index (κ2) is 6.12. The van der Waals surface area contributed by atoms with E-state index in [0.29, 0.717) is 15.7 Å². The van der Waals surface area contributed by atoms with Crippen molar-refractivity contribution in [2.24, 2.45) is 0 Å². The zero-order valence-electron chi connectivity index (χ0n) is 10.3. The molecule has 0 saturated carbocycles. The molecule has 0 aliphatic rings. The van der Waals surface area contributed by atoms with Gasteiger partial charge in [0.25, 0.3) is 5.91 Å². The number of rotatable bonds is 2. The molecule has 0 saturated heterocycles. The smallest absolute Gasteiger partial charge is 0.256 e. The summed E-state index contributed by atoms with van der Waals surface area (Å²) in [5.74, 6) is -1.04. The summed E-state index contributed by atoms with van der Waals surface area (Å²) < 4.78 is 14.0. The lowest BCUT2D eigenvalue weighted by Gasteiger charge is -2.09. The first kappa shape index (κ1) is 15.3. The van der Waals surface area contributed by atoms with Crippen LogP contribution in [-0.4, -0.2) is 5.91 Å². The Bertz CT molecular complexity index is 668. The summed E-state index contributed by atoms with van der Waals surface area (Å²) in [4.78, 5) is 12.1. The number of halogens is 4. The normalized spacial score (nSPS) is 10.4. The molecule has 0 radical (unpaired) electrons. The summed E-state index contributed by atoms with van der Waals surface area (Å²) in [6, 6.07) is 7.97. The lowest BCUT2D eigenvalue weighted by atomic mass is 10.1. The highest BCUT2D eigenvalue weighted by Gasteiger charge is 2.13. The van der Waals surface area contributed by atoms with Gasteiger partial charge in [0.2, 0.25) is 0 Å². The van der Waals surface area contributed by atoms with Crippen molar-refractivity contribution in [1.82, 2.24) is 0 Å². The Balaban J connectivity index is 2.28. The average Bonchev–Trinajstić information content (AvgIpc) is 2.35. The molecule has 0 bridgehead atoms. The van der Waals surface area contributed by atoms with Crippen molar-refractivity contribution in [3.8, 4) is 0 Å². The van der Waals surface area contributed by atoms with Gasteiger partial charge in [-0.15, -0.1) is 0 Å². The van der Waals surface area contributed by atoms with Gasteiger partial charge < -0.3 is 5.32 Å². The number of carbonyl (C=O) groups is 1. The van der Waals surface area contributed by atoms with Gasteiger partial charge in [0, 0.05) is 10.2 Å². The monoisotopic (exact) mass is 375 g/mol. The second-order valence-electron chi connectivity index (χ2n) is 4.19. The van der Waals surface area contributed by atoms with Crippen LogP contribution in [0.25, 0.3) is 0 Å². The third-order valence-corrected chi connectivity index (χ3v) is 3.82. The van der Waals surface area contributed by atoms with E-state index in [1.54, 1.807) is 6.07 Å². The van der Waals surface area contributed by atoms with Gasteiger partial charge in [0.05, 0.1) is 15.6 Å². The average molecular weight is 377 g/mol. The predicted octanol–water partition coefficient (Wildman–Crippen LogP) is 5.46. The van der Waals surface area contributed by atoms with E-state index in [1.807, 2.05) is 19.1 Å². The highest BCUT2D eigenvalue weighted by atomic mass is 79.9. The van der Waals surface area contributed by atoms with Crippen molar-refractivity contribution in [1.29, 1.82) is 0 Å². The lowest BCUT2D eigenvalue weighted by molar-refractivity contribution is 0.102. The van der Waals surface area contributed by atoms with Gasteiger partial charge in [0.1, 0.15) is 0 Å². The quantitative estimate of drug-likeness (QED) is 0.693. The molecule has 1 amide bonds. The first-order valence-electron chi connectivity index (χ1n) is 5.60. The van der Waals surface area contributed by atoms with Gasteiger partial charge in [-0.2, -0.15) is 0 Å². The van der Waals surface area contributed by atoms with Gasteiger partial charge in [-0.25, -0.2) is 4.39 Å². The van der Waals surface area contributed by atoms with Crippen molar-refractivity contribution >= 4 is 50.7 Å². The van der Waals surface area contributed by atoms with Crippen LogP contribution in [-0.2, 0) is 0 Å². The third-order valence-electron chi connectivity index (χ3n) is 2.61. The molecule has 2 nitrogen and oxygen atoms in total. The fourth-order valence-electron chi connectivity index (χ4n) is 1.63. The molecule has 0 aromatic heterocycles. The number of aryl methyl sites for hydroxylation is 1. The van der Waals surface area contributed by atoms with E-state index in [-0.39, 0.29) is 16.0 Å². The summed E-state index contributed by atoms with van der Waals surface area (Å²) in [6.07, 6.45) is 0. The molecule has 0 atom stereocenters. The number of nitrogens with one attached hydrogen (secondary N) is 1. The van der Waals surface area contributed by atoms with Crippen molar-refractivity contribution in [3.05, 3.63) is 61.8 Å². The molecule has 0 aliphatic carbocycles. The fourth-order valence-corrected chi connectivity index (χ4v) is 2.79. The molecule has 0 aliphatic heterocycles. The first-order chi connectivity index (χ1) is 9.38. The van der Waals surface area contributed by atoms with Crippen LogP contribution in [0.5, 0.6) is 0 Å². The standard InChI is InChI=1S/C14H9BrCl2FNO/c1-7-2-3-9(10(15)4-7)14(20)19-8-5-11(16)13(18)12(17)6-8/h2-6H,1H3,(H,19,20). The van der Waals surface area contributed by atoms with Gasteiger partial charge in [-0.3, -0.25) is 4.79 Å². The Morgan fingerprint density at radius 1 is 1.20 bits per heavy atom. The molecule has 0 unspecified atom stereocenters. The molecule has 6 heteroatoms. The largest absolute Gasteiger partial charge is 0.322 e. The van der Waals surface area contributed by atoms with E-state index in [9.17, 15) is 9.18 Å². The summed E-state index contributed by atoms with van der Waals surface area (Å²) in [7, 11) is 0. The Morgan fingerprint density at radius 2 is 1.80 bits per heavy atom. The number of amides is 1. The van der Waals surface area contributed by atoms with Crippen molar-refractivity contribution < 1.29 is 9.18 Å². The summed E-state index contributed by atoms with van der Waals surface area (Å²) in [5, 5.41) is 2.34. The first-order valence-corrected chi connectivity index (χ1v) is 7.15. The van der Waals surface area contributed by atoms with E-state index in [0.717, 1.165) is 5.56 Å². The third kappa shape index (κ3) is 3.32. The molecule has 0 heterocycles. The van der Waals surface area contributed by atoms with E-state index < -0.39 is 5.82 Å². The molecular weight excluding hydrogens is 368 g/mol. The van der Waals surface area contributed by atoms with Crippen LogP contribution in [0.3, 0.4) is 0 Å². The minimum Gasteiger partial charge on any atom is -0.322 e. The maximum Gasteiger partial charge on any atom is 0.256 e. The minimum atomic E-state index is -0.706. The second-order valence-corrected chi connectivity index (χ2v) is 5.86. The molecule has 2 aromatic rings. The summed E-state index contributed by atoms with van der Waals surface area (Å²) in [5.41, 5.74) is 1.83. The van der Waals surface area contributed by atoms with Crippen molar-refractivity contribution in [2.75, 3.05) is 5.32 Å². The van der Waals surface area contributed by atoms with Crippen LogP contribution >= 0.6 is 39.1 Å². The Kier molecular flexibility index (Phi) is 4.68. The maximum absolute atomic E-state index is 13.3. The van der Waals surface area contributed by atoms with Crippen LogP contribution in [0.15, 0.2) is 34.8 Å².